The molecule has 0 aliphatic rings. The van der Waals surface area contributed by atoms with Gasteiger partial charge in [0.25, 0.3) is 5.56 Å². The van der Waals surface area contributed by atoms with Crippen LogP contribution in [0.15, 0.2) is 23.4 Å². The minimum absolute atomic E-state index is 0.0299. The molecule has 0 saturated heterocycles. The quantitative estimate of drug-likeness (QED) is 0.942. The van der Waals surface area contributed by atoms with Gasteiger partial charge in [-0.3, -0.25) is 9.48 Å². The van der Waals surface area contributed by atoms with Crippen LogP contribution in [-0.4, -0.2) is 19.6 Å². The summed E-state index contributed by atoms with van der Waals surface area (Å²) in [7, 11) is 0. The molecular weight excluding hydrogens is 278 g/mol. The Labute approximate surface area is 122 Å². The summed E-state index contributed by atoms with van der Waals surface area (Å²) in [4.78, 5) is 12.0. The third-order valence-corrected chi connectivity index (χ3v) is 3.21. The fourth-order valence-corrected chi connectivity index (χ4v) is 1.92. The Kier molecular flexibility index (Phi) is 4.13. The van der Waals surface area contributed by atoms with Gasteiger partial charge in [0.1, 0.15) is 5.02 Å². The molecule has 0 fully saturated rings. The lowest BCUT2D eigenvalue weighted by atomic mass is 10.3. The second-order valence-electron chi connectivity index (χ2n) is 5.14. The Morgan fingerprint density at radius 1 is 1.15 bits per heavy atom. The smallest absolute Gasteiger partial charge is 0.287 e. The van der Waals surface area contributed by atoms with Crippen molar-refractivity contribution in [2.75, 3.05) is 5.32 Å². The van der Waals surface area contributed by atoms with Crippen LogP contribution in [-0.2, 0) is 0 Å². The van der Waals surface area contributed by atoms with Crippen molar-refractivity contribution in [1.29, 1.82) is 0 Å². The van der Waals surface area contributed by atoms with Crippen LogP contribution < -0.4 is 10.9 Å². The monoisotopic (exact) mass is 295 g/mol. The van der Waals surface area contributed by atoms with E-state index in [4.69, 9.17) is 11.6 Å². The first-order chi connectivity index (χ1) is 9.40. The number of rotatable bonds is 4. The Balaban J connectivity index is 2.30. The first kappa shape index (κ1) is 14.6. The molecule has 20 heavy (non-hydrogen) atoms. The van der Waals surface area contributed by atoms with E-state index >= 15 is 0 Å². The zero-order valence-corrected chi connectivity index (χ0v) is 12.7. The molecule has 0 aliphatic carbocycles. The fraction of sp³-hybridized carbons (Fsp3) is 0.462. The summed E-state index contributed by atoms with van der Waals surface area (Å²) < 4.78 is 3.17. The summed E-state index contributed by atoms with van der Waals surface area (Å²) in [6.07, 6.45) is 5.09. The van der Waals surface area contributed by atoms with E-state index in [1.165, 1.54) is 4.68 Å². The van der Waals surface area contributed by atoms with Gasteiger partial charge in [0.05, 0.1) is 29.8 Å². The average Bonchev–Trinajstić information content (AvgIpc) is 2.83. The molecule has 0 atom stereocenters. The highest BCUT2D eigenvalue weighted by Crippen LogP contribution is 2.22. The van der Waals surface area contributed by atoms with Crippen molar-refractivity contribution in [2.24, 2.45) is 0 Å². The summed E-state index contributed by atoms with van der Waals surface area (Å²) in [6.45, 7) is 7.83. The van der Waals surface area contributed by atoms with Gasteiger partial charge in [-0.05, 0) is 27.7 Å². The molecule has 2 rings (SSSR count). The van der Waals surface area contributed by atoms with Crippen molar-refractivity contribution >= 4 is 23.0 Å². The Morgan fingerprint density at radius 2 is 1.85 bits per heavy atom. The minimum atomic E-state index is -0.303. The summed E-state index contributed by atoms with van der Waals surface area (Å²) >= 11 is 6.10. The van der Waals surface area contributed by atoms with Gasteiger partial charge in [-0.25, -0.2) is 4.68 Å². The molecule has 0 radical (unpaired) electrons. The normalized spacial score (nSPS) is 11.3. The molecule has 0 aliphatic heterocycles. The van der Waals surface area contributed by atoms with Crippen LogP contribution >= 0.6 is 11.6 Å². The van der Waals surface area contributed by atoms with E-state index in [-0.39, 0.29) is 22.7 Å². The van der Waals surface area contributed by atoms with Gasteiger partial charge in [0, 0.05) is 12.2 Å². The number of nitrogens with zero attached hydrogens (tertiary/aromatic N) is 4. The molecule has 6 nitrogen and oxygen atoms in total. The molecule has 0 saturated carbocycles. The van der Waals surface area contributed by atoms with Gasteiger partial charge in [0.2, 0.25) is 0 Å². The molecule has 0 bridgehead atoms. The maximum atomic E-state index is 12.0. The molecule has 7 heteroatoms. The van der Waals surface area contributed by atoms with Gasteiger partial charge >= 0.3 is 0 Å². The standard InChI is InChI=1S/C13H18ClN5O/c1-8(2)18-7-10(5-15-18)17-11-6-16-19(9(3)4)13(20)12(11)14/h5-9,17H,1-4H3. The van der Waals surface area contributed by atoms with E-state index < -0.39 is 0 Å². The Hall–Kier alpha value is -1.82. The molecule has 2 aromatic heterocycles. The maximum absolute atomic E-state index is 12.0. The van der Waals surface area contributed by atoms with Crippen molar-refractivity contribution in [3.8, 4) is 0 Å². The third kappa shape index (κ3) is 2.85. The van der Waals surface area contributed by atoms with E-state index in [0.29, 0.717) is 5.69 Å². The second kappa shape index (κ2) is 5.66. The topological polar surface area (TPSA) is 64.7 Å². The van der Waals surface area contributed by atoms with E-state index in [9.17, 15) is 4.79 Å². The maximum Gasteiger partial charge on any atom is 0.287 e. The molecule has 1 N–H and O–H groups in total. The van der Waals surface area contributed by atoms with E-state index in [0.717, 1.165) is 5.69 Å². The predicted octanol–water partition coefficient (Wildman–Crippen LogP) is 3.00. The predicted molar refractivity (Wildman–Crippen MR) is 79.8 cm³/mol. The van der Waals surface area contributed by atoms with Crippen molar-refractivity contribution in [3.63, 3.8) is 0 Å². The molecule has 0 amide bonds. The Morgan fingerprint density at radius 3 is 2.40 bits per heavy atom. The lowest BCUT2D eigenvalue weighted by Gasteiger charge is -2.11. The number of nitrogens with one attached hydrogen (secondary N) is 1. The number of hydrogen-bond acceptors (Lipinski definition) is 4. The van der Waals surface area contributed by atoms with Crippen molar-refractivity contribution < 1.29 is 0 Å². The largest absolute Gasteiger partial charge is 0.350 e. The van der Waals surface area contributed by atoms with Gasteiger partial charge in [-0.15, -0.1) is 0 Å². The molecule has 108 valence electrons. The van der Waals surface area contributed by atoms with Crippen LogP contribution in [0.2, 0.25) is 5.02 Å². The molecule has 0 unspecified atom stereocenters. The van der Waals surface area contributed by atoms with Crippen molar-refractivity contribution in [3.05, 3.63) is 34.0 Å². The number of hydrogen-bond donors (Lipinski definition) is 1. The summed E-state index contributed by atoms with van der Waals surface area (Å²) in [6, 6.07) is 0.242. The minimum Gasteiger partial charge on any atom is -0.350 e. The van der Waals surface area contributed by atoms with Crippen LogP contribution in [0, 0.1) is 0 Å². The molecular formula is C13H18ClN5O. The average molecular weight is 296 g/mol. The highest BCUT2D eigenvalue weighted by molar-refractivity contribution is 6.33. The van der Waals surface area contributed by atoms with E-state index in [1.807, 2.05) is 38.6 Å². The lowest BCUT2D eigenvalue weighted by Crippen LogP contribution is -2.25. The van der Waals surface area contributed by atoms with Crippen LogP contribution in [0.1, 0.15) is 39.8 Å². The molecule has 2 aromatic rings. The first-order valence-electron chi connectivity index (χ1n) is 6.48. The van der Waals surface area contributed by atoms with Gasteiger partial charge in [-0.2, -0.15) is 10.2 Å². The van der Waals surface area contributed by atoms with E-state index in [2.05, 4.69) is 15.5 Å². The second-order valence-corrected chi connectivity index (χ2v) is 5.52. The molecule has 2 heterocycles. The molecule has 0 spiro atoms. The van der Waals surface area contributed by atoms with Gasteiger partial charge in [0.15, 0.2) is 0 Å². The third-order valence-electron chi connectivity index (χ3n) is 2.84. The number of halogens is 1. The highest BCUT2D eigenvalue weighted by Gasteiger charge is 2.12. The zero-order chi connectivity index (χ0) is 14.9. The van der Waals surface area contributed by atoms with Gasteiger partial charge < -0.3 is 5.32 Å². The fourth-order valence-electron chi connectivity index (χ4n) is 1.74. The van der Waals surface area contributed by atoms with Crippen LogP contribution in [0.25, 0.3) is 0 Å². The summed E-state index contributed by atoms with van der Waals surface area (Å²) in [5.74, 6) is 0. The Bertz CT molecular complexity index is 659. The van der Waals surface area contributed by atoms with Gasteiger partial charge in [-0.1, -0.05) is 11.6 Å². The zero-order valence-electron chi connectivity index (χ0n) is 12.0. The van der Waals surface area contributed by atoms with Crippen molar-refractivity contribution in [1.82, 2.24) is 19.6 Å². The highest BCUT2D eigenvalue weighted by atomic mass is 35.5. The first-order valence-corrected chi connectivity index (χ1v) is 6.86. The summed E-state index contributed by atoms with van der Waals surface area (Å²) in [5, 5.41) is 11.5. The molecule has 0 aromatic carbocycles. The number of aromatic nitrogens is 4. The van der Waals surface area contributed by atoms with Crippen LogP contribution in [0.4, 0.5) is 11.4 Å². The van der Waals surface area contributed by atoms with Crippen LogP contribution in [0.5, 0.6) is 0 Å². The van der Waals surface area contributed by atoms with Crippen LogP contribution in [0.3, 0.4) is 0 Å². The van der Waals surface area contributed by atoms with E-state index in [1.54, 1.807) is 12.4 Å². The van der Waals surface area contributed by atoms with Crippen molar-refractivity contribution in [2.45, 2.75) is 39.8 Å². The summed E-state index contributed by atoms with van der Waals surface area (Å²) in [5.41, 5.74) is 0.948. The SMILES string of the molecule is CC(C)n1cc(Nc2cnn(C(C)C)c(=O)c2Cl)cn1. The number of anilines is 2. The lowest BCUT2D eigenvalue weighted by molar-refractivity contribution is 0.503.